The lowest BCUT2D eigenvalue weighted by Crippen LogP contribution is -2.28. The zero-order valence-corrected chi connectivity index (χ0v) is 18.9. The number of aryl methyl sites for hydroxylation is 2. The van der Waals surface area contributed by atoms with Crippen molar-refractivity contribution < 1.29 is 23.5 Å². The Morgan fingerprint density at radius 3 is 2.67 bits per heavy atom. The molecule has 0 bridgehead atoms. The Labute approximate surface area is 194 Å². The molecule has 33 heavy (non-hydrogen) atoms. The molecular weight excluding hydrogens is 447 g/mol. The number of hydrogen-bond acceptors (Lipinski definition) is 6. The fourth-order valence-corrected chi connectivity index (χ4v) is 3.52. The second kappa shape index (κ2) is 11.3. The summed E-state index contributed by atoms with van der Waals surface area (Å²) in [6.45, 7) is 1.25. The van der Waals surface area contributed by atoms with E-state index in [1.54, 1.807) is 54.2 Å². The third-order valence-electron chi connectivity index (χ3n) is 4.59. The molecule has 0 aliphatic heterocycles. The number of imidazole rings is 1. The third-order valence-corrected chi connectivity index (χ3v) is 5.65. The Hall–Kier alpha value is -3.66. The van der Waals surface area contributed by atoms with Crippen molar-refractivity contribution in [2.75, 3.05) is 17.7 Å². The van der Waals surface area contributed by atoms with Gasteiger partial charge in [-0.25, -0.2) is 14.2 Å². The highest BCUT2D eigenvalue weighted by Crippen LogP contribution is 2.19. The fraction of sp³-hybridized carbons (Fsp3) is 0.217. The molecule has 0 radical (unpaired) electrons. The van der Waals surface area contributed by atoms with Crippen molar-refractivity contribution >= 4 is 35.2 Å². The first-order chi connectivity index (χ1) is 15.8. The maximum absolute atomic E-state index is 13.6. The van der Waals surface area contributed by atoms with Crippen molar-refractivity contribution in [3.8, 4) is 0 Å². The summed E-state index contributed by atoms with van der Waals surface area (Å²) in [4.78, 5) is 41.0. The van der Waals surface area contributed by atoms with Gasteiger partial charge in [-0.2, -0.15) is 0 Å². The average molecular weight is 471 g/mol. The maximum atomic E-state index is 13.6. The molecule has 2 N–H and O–H groups in total. The lowest BCUT2D eigenvalue weighted by atomic mass is 10.1. The Morgan fingerprint density at radius 2 is 1.94 bits per heavy atom. The van der Waals surface area contributed by atoms with Gasteiger partial charge in [-0.15, -0.1) is 0 Å². The smallest absolute Gasteiger partial charge is 0.340 e. The minimum Gasteiger partial charge on any atom is -0.452 e. The van der Waals surface area contributed by atoms with Crippen molar-refractivity contribution in [2.45, 2.75) is 18.6 Å². The number of amides is 2. The van der Waals surface area contributed by atoms with Gasteiger partial charge in [-0.1, -0.05) is 36.0 Å². The number of anilines is 1. The van der Waals surface area contributed by atoms with Crippen LogP contribution in [-0.2, 0) is 27.9 Å². The Balaban J connectivity index is 1.50. The van der Waals surface area contributed by atoms with E-state index in [-0.39, 0.29) is 35.3 Å². The van der Waals surface area contributed by atoms with Gasteiger partial charge in [0.1, 0.15) is 5.82 Å². The van der Waals surface area contributed by atoms with Crippen LogP contribution in [0.5, 0.6) is 0 Å². The van der Waals surface area contributed by atoms with E-state index >= 15 is 0 Å². The summed E-state index contributed by atoms with van der Waals surface area (Å²) >= 11 is 1.26. The van der Waals surface area contributed by atoms with Gasteiger partial charge in [0, 0.05) is 26.0 Å². The predicted molar refractivity (Wildman–Crippen MR) is 122 cm³/mol. The van der Waals surface area contributed by atoms with Crippen molar-refractivity contribution in [3.63, 3.8) is 0 Å². The Morgan fingerprint density at radius 1 is 1.15 bits per heavy atom. The quantitative estimate of drug-likeness (QED) is 0.368. The maximum Gasteiger partial charge on any atom is 0.340 e. The Kier molecular flexibility index (Phi) is 8.20. The van der Waals surface area contributed by atoms with Crippen molar-refractivity contribution in [2.24, 2.45) is 7.05 Å². The van der Waals surface area contributed by atoms with E-state index in [1.165, 1.54) is 23.9 Å². The molecule has 10 heteroatoms. The second-order valence-electron chi connectivity index (χ2n) is 7.14. The van der Waals surface area contributed by atoms with Crippen LogP contribution < -0.4 is 10.6 Å². The zero-order valence-electron chi connectivity index (χ0n) is 18.1. The van der Waals surface area contributed by atoms with Crippen LogP contribution in [-0.4, -0.2) is 39.7 Å². The van der Waals surface area contributed by atoms with Gasteiger partial charge >= 0.3 is 5.97 Å². The minimum absolute atomic E-state index is 0.105. The number of para-hydroxylation sites is 1. The molecule has 2 amide bonds. The number of halogens is 1. The number of rotatable bonds is 9. The monoisotopic (exact) mass is 470 g/mol. The van der Waals surface area contributed by atoms with Gasteiger partial charge in [-0.05, 0) is 36.2 Å². The number of carbonyl (C=O) groups is 3. The summed E-state index contributed by atoms with van der Waals surface area (Å²) < 4.78 is 20.5. The van der Waals surface area contributed by atoms with Crippen LogP contribution in [0.25, 0.3) is 0 Å². The molecule has 0 saturated carbocycles. The molecule has 1 aromatic heterocycles. The minimum atomic E-state index is -0.751. The van der Waals surface area contributed by atoms with Crippen LogP contribution in [0.3, 0.4) is 0 Å². The van der Waals surface area contributed by atoms with Crippen LogP contribution >= 0.6 is 11.8 Å². The third kappa shape index (κ3) is 6.91. The first-order valence-corrected chi connectivity index (χ1v) is 11.0. The molecule has 0 unspecified atom stereocenters. The van der Waals surface area contributed by atoms with Crippen LogP contribution in [0.1, 0.15) is 21.5 Å². The molecule has 8 nitrogen and oxygen atoms in total. The normalized spacial score (nSPS) is 10.5. The van der Waals surface area contributed by atoms with E-state index in [0.29, 0.717) is 16.3 Å². The highest BCUT2D eigenvalue weighted by molar-refractivity contribution is 7.99. The zero-order chi connectivity index (χ0) is 23.8. The lowest BCUT2D eigenvalue weighted by Gasteiger charge is -2.11. The van der Waals surface area contributed by atoms with Gasteiger partial charge in [0.15, 0.2) is 11.8 Å². The number of esters is 1. The number of nitrogens with one attached hydrogen (secondary N) is 2. The van der Waals surface area contributed by atoms with Gasteiger partial charge in [0.2, 0.25) is 5.91 Å². The molecule has 0 fully saturated rings. The molecule has 2 aromatic carbocycles. The molecule has 3 rings (SSSR count). The number of carbonyl (C=O) groups excluding carboxylic acids is 3. The molecule has 0 saturated heterocycles. The number of aromatic nitrogens is 2. The SMILES string of the molecule is Cc1ccc(CNC(=O)COC(=O)c2ccccc2NC(=O)CSc2nccn2C)cc1F. The van der Waals surface area contributed by atoms with E-state index in [2.05, 4.69) is 15.6 Å². The number of benzene rings is 2. The van der Waals surface area contributed by atoms with E-state index < -0.39 is 18.5 Å². The molecule has 3 aromatic rings. The average Bonchev–Trinajstić information content (AvgIpc) is 3.22. The van der Waals surface area contributed by atoms with E-state index in [9.17, 15) is 18.8 Å². The van der Waals surface area contributed by atoms with Gasteiger partial charge < -0.3 is 19.9 Å². The van der Waals surface area contributed by atoms with E-state index in [0.717, 1.165) is 0 Å². The van der Waals surface area contributed by atoms with E-state index in [4.69, 9.17) is 4.74 Å². The summed E-state index contributed by atoms with van der Waals surface area (Å²) in [5, 5.41) is 5.95. The van der Waals surface area contributed by atoms with Crippen LogP contribution in [0.4, 0.5) is 10.1 Å². The van der Waals surface area contributed by atoms with Crippen LogP contribution in [0, 0.1) is 12.7 Å². The molecule has 0 aliphatic carbocycles. The summed E-state index contributed by atoms with van der Waals surface area (Å²) in [6, 6.07) is 11.0. The molecule has 0 spiro atoms. The summed E-state index contributed by atoms with van der Waals surface area (Å²) in [6.07, 6.45) is 3.42. The molecular formula is C23H23FN4O4S. The van der Waals surface area contributed by atoms with Crippen molar-refractivity contribution in [1.29, 1.82) is 0 Å². The molecule has 172 valence electrons. The van der Waals surface area contributed by atoms with Gasteiger partial charge in [0.05, 0.1) is 17.0 Å². The number of nitrogens with zero attached hydrogens (tertiary/aromatic N) is 2. The number of thioether (sulfide) groups is 1. The predicted octanol–water partition coefficient (Wildman–Crippen LogP) is 3.07. The van der Waals surface area contributed by atoms with E-state index in [1.807, 2.05) is 7.05 Å². The highest BCUT2D eigenvalue weighted by Gasteiger charge is 2.16. The second-order valence-corrected chi connectivity index (χ2v) is 8.08. The largest absolute Gasteiger partial charge is 0.452 e. The molecule has 1 heterocycles. The summed E-state index contributed by atoms with van der Waals surface area (Å²) in [5.41, 5.74) is 1.51. The van der Waals surface area contributed by atoms with Gasteiger partial charge in [0.25, 0.3) is 5.91 Å². The highest BCUT2D eigenvalue weighted by atomic mass is 32.2. The van der Waals surface area contributed by atoms with Crippen LogP contribution in [0.2, 0.25) is 0 Å². The summed E-state index contributed by atoms with van der Waals surface area (Å²) in [5.74, 6) is -1.84. The standard InChI is InChI=1S/C23H23FN4O4S/c1-15-7-8-16(11-18(15)24)12-26-20(29)13-32-22(31)17-5-3-4-6-19(17)27-21(30)14-33-23-25-9-10-28(23)2/h3-11H,12-14H2,1-2H3,(H,26,29)(H,27,30). The van der Waals surface area contributed by atoms with Crippen molar-refractivity contribution in [1.82, 2.24) is 14.9 Å². The lowest BCUT2D eigenvalue weighted by molar-refractivity contribution is -0.124. The number of hydrogen-bond donors (Lipinski definition) is 2. The fourth-order valence-electron chi connectivity index (χ4n) is 2.78. The summed E-state index contributed by atoms with van der Waals surface area (Å²) in [7, 11) is 1.83. The van der Waals surface area contributed by atoms with Crippen LogP contribution in [0.15, 0.2) is 60.0 Å². The molecule has 0 aliphatic rings. The van der Waals surface area contributed by atoms with Gasteiger partial charge in [-0.3, -0.25) is 9.59 Å². The topological polar surface area (TPSA) is 102 Å². The first-order valence-electron chi connectivity index (χ1n) is 10.0. The Bertz CT molecular complexity index is 1160. The molecule has 0 atom stereocenters. The van der Waals surface area contributed by atoms with Crippen molar-refractivity contribution in [3.05, 3.63) is 77.4 Å². The number of ether oxygens (including phenoxy) is 1. The first kappa shape index (κ1) is 24.0.